The van der Waals surface area contributed by atoms with Gasteiger partial charge in [-0.05, 0) is 42.7 Å². The van der Waals surface area contributed by atoms with Gasteiger partial charge in [0, 0.05) is 19.5 Å². The standard InChI is InChI=1S/C24H25N3O4/c28-22(13-6-15-25-24(30)21-12-7-17-31-21)27-20-11-5-4-10-19(20)23(29)26-16-14-18-8-2-1-3-9-18/h1-5,7-12,17H,6,13-16H2,(H,25,30)(H,26,29)(H,27,28). The molecule has 3 amide bonds. The van der Waals surface area contributed by atoms with Gasteiger partial charge in [0.2, 0.25) is 5.91 Å². The molecule has 0 unspecified atom stereocenters. The molecule has 7 heteroatoms. The SMILES string of the molecule is O=C(CCCNC(=O)c1ccco1)Nc1ccccc1C(=O)NCCc1ccccc1. The van der Waals surface area contributed by atoms with Gasteiger partial charge in [0.25, 0.3) is 11.8 Å². The van der Waals surface area contributed by atoms with Crippen molar-refractivity contribution in [1.29, 1.82) is 0 Å². The van der Waals surface area contributed by atoms with Gasteiger partial charge in [0.15, 0.2) is 5.76 Å². The molecule has 7 nitrogen and oxygen atoms in total. The summed E-state index contributed by atoms with van der Waals surface area (Å²) >= 11 is 0. The van der Waals surface area contributed by atoms with Gasteiger partial charge in [-0.2, -0.15) is 0 Å². The van der Waals surface area contributed by atoms with Gasteiger partial charge < -0.3 is 20.4 Å². The predicted octanol–water partition coefficient (Wildman–Crippen LogP) is 3.40. The van der Waals surface area contributed by atoms with Crippen molar-refractivity contribution in [1.82, 2.24) is 10.6 Å². The quantitative estimate of drug-likeness (QED) is 0.439. The van der Waals surface area contributed by atoms with Crippen LogP contribution in [0.3, 0.4) is 0 Å². The number of nitrogens with one attached hydrogen (secondary N) is 3. The topological polar surface area (TPSA) is 100 Å². The minimum atomic E-state index is -0.317. The fourth-order valence-corrected chi connectivity index (χ4v) is 3.01. The van der Waals surface area contributed by atoms with Crippen LogP contribution in [0.5, 0.6) is 0 Å². The minimum Gasteiger partial charge on any atom is -0.459 e. The van der Waals surface area contributed by atoms with E-state index in [4.69, 9.17) is 4.42 Å². The van der Waals surface area contributed by atoms with Crippen LogP contribution in [-0.2, 0) is 11.2 Å². The molecule has 160 valence electrons. The van der Waals surface area contributed by atoms with Crippen LogP contribution in [0.15, 0.2) is 77.4 Å². The van der Waals surface area contributed by atoms with E-state index in [1.807, 2.05) is 30.3 Å². The van der Waals surface area contributed by atoms with E-state index in [1.165, 1.54) is 6.26 Å². The van der Waals surface area contributed by atoms with Crippen LogP contribution in [0.1, 0.15) is 39.3 Å². The van der Waals surface area contributed by atoms with Crippen molar-refractivity contribution in [2.75, 3.05) is 18.4 Å². The molecule has 0 aliphatic rings. The fourth-order valence-electron chi connectivity index (χ4n) is 3.01. The molecular formula is C24H25N3O4. The van der Waals surface area contributed by atoms with Crippen molar-refractivity contribution >= 4 is 23.4 Å². The monoisotopic (exact) mass is 419 g/mol. The second kappa shape index (κ2) is 11.3. The first-order chi connectivity index (χ1) is 15.1. The lowest BCUT2D eigenvalue weighted by atomic mass is 10.1. The van der Waals surface area contributed by atoms with Gasteiger partial charge in [-0.1, -0.05) is 42.5 Å². The number of hydrogen-bond acceptors (Lipinski definition) is 4. The van der Waals surface area contributed by atoms with Crippen LogP contribution >= 0.6 is 0 Å². The zero-order valence-electron chi connectivity index (χ0n) is 17.1. The number of amides is 3. The summed E-state index contributed by atoms with van der Waals surface area (Å²) in [6, 6.07) is 20.0. The van der Waals surface area contributed by atoms with Crippen molar-refractivity contribution in [3.8, 4) is 0 Å². The predicted molar refractivity (Wildman–Crippen MR) is 118 cm³/mol. The number of anilines is 1. The lowest BCUT2D eigenvalue weighted by molar-refractivity contribution is -0.116. The van der Waals surface area contributed by atoms with E-state index in [0.29, 0.717) is 30.8 Å². The number of para-hydroxylation sites is 1. The van der Waals surface area contributed by atoms with Crippen LogP contribution < -0.4 is 16.0 Å². The van der Waals surface area contributed by atoms with E-state index in [-0.39, 0.29) is 29.9 Å². The Kier molecular flexibility index (Phi) is 7.99. The van der Waals surface area contributed by atoms with Crippen molar-refractivity contribution < 1.29 is 18.8 Å². The lowest BCUT2D eigenvalue weighted by Crippen LogP contribution is -2.27. The normalized spacial score (nSPS) is 10.3. The van der Waals surface area contributed by atoms with Gasteiger partial charge in [-0.15, -0.1) is 0 Å². The maximum atomic E-state index is 12.6. The Hall–Kier alpha value is -3.87. The van der Waals surface area contributed by atoms with E-state index in [0.717, 1.165) is 12.0 Å². The highest BCUT2D eigenvalue weighted by molar-refractivity contribution is 6.03. The van der Waals surface area contributed by atoms with Crippen molar-refractivity contribution in [2.45, 2.75) is 19.3 Å². The summed E-state index contributed by atoms with van der Waals surface area (Å²) in [6.07, 6.45) is 2.83. The summed E-state index contributed by atoms with van der Waals surface area (Å²) in [7, 11) is 0. The van der Waals surface area contributed by atoms with Crippen LogP contribution in [0.25, 0.3) is 0 Å². The third-order valence-electron chi connectivity index (χ3n) is 4.60. The summed E-state index contributed by atoms with van der Waals surface area (Å²) in [6.45, 7) is 0.842. The Morgan fingerprint density at radius 3 is 2.29 bits per heavy atom. The summed E-state index contributed by atoms with van der Waals surface area (Å²) in [5.41, 5.74) is 2.02. The van der Waals surface area contributed by atoms with E-state index in [2.05, 4.69) is 16.0 Å². The minimum absolute atomic E-state index is 0.211. The molecule has 3 rings (SSSR count). The molecule has 3 aromatic rings. The summed E-state index contributed by atoms with van der Waals surface area (Å²) in [4.78, 5) is 36.6. The number of rotatable bonds is 10. The Morgan fingerprint density at radius 1 is 0.774 bits per heavy atom. The van der Waals surface area contributed by atoms with Gasteiger partial charge in [-0.3, -0.25) is 14.4 Å². The van der Waals surface area contributed by atoms with Gasteiger partial charge in [0.1, 0.15) is 0 Å². The highest BCUT2D eigenvalue weighted by atomic mass is 16.3. The molecule has 0 atom stereocenters. The van der Waals surface area contributed by atoms with Gasteiger partial charge >= 0.3 is 0 Å². The first kappa shape index (κ1) is 21.8. The van der Waals surface area contributed by atoms with Crippen LogP contribution in [0.2, 0.25) is 0 Å². The van der Waals surface area contributed by atoms with Gasteiger partial charge in [-0.25, -0.2) is 0 Å². The molecule has 2 aromatic carbocycles. The molecular weight excluding hydrogens is 394 g/mol. The lowest BCUT2D eigenvalue weighted by Gasteiger charge is -2.12. The molecule has 1 heterocycles. The number of carbonyl (C=O) groups excluding carboxylic acids is 3. The Morgan fingerprint density at radius 2 is 1.52 bits per heavy atom. The molecule has 0 fully saturated rings. The largest absolute Gasteiger partial charge is 0.459 e. The van der Waals surface area contributed by atoms with Crippen LogP contribution in [0.4, 0.5) is 5.69 Å². The molecule has 0 bridgehead atoms. The molecule has 0 spiro atoms. The molecule has 0 radical (unpaired) electrons. The number of hydrogen-bond donors (Lipinski definition) is 3. The molecule has 3 N–H and O–H groups in total. The second-order valence-corrected chi connectivity index (χ2v) is 6.92. The zero-order valence-corrected chi connectivity index (χ0v) is 17.1. The Bertz CT molecular complexity index is 1000. The third kappa shape index (κ3) is 6.85. The van der Waals surface area contributed by atoms with Crippen LogP contribution in [0, 0.1) is 0 Å². The number of carbonyl (C=O) groups is 3. The molecule has 31 heavy (non-hydrogen) atoms. The number of furan rings is 1. The van der Waals surface area contributed by atoms with E-state index in [1.54, 1.807) is 36.4 Å². The second-order valence-electron chi connectivity index (χ2n) is 6.92. The van der Waals surface area contributed by atoms with Crippen molar-refractivity contribution in [3.05, 3.63) is 89.9 Å². The van der Waals surface area contributed by atoms with Crippen molar-refractivity contribution in [2.24, 2.45) is 0 Å². The van der Waals surface area contributed by atoms with E-state index in [9.17, 15) is 14.4 Å². The highest BCUT2D eigenvalue weighted by Crippen LogP contribution is 2.15. The fraction of sp³-hybridized carbons (Fsp3) is 0.208. The summed E-state index contributed by atoms with van der Waals surface area (Å²) in [5.74, 6) is -0.547. The molecule has 0 aliphatic carbocycles. The first-order valence-corrected chi connectivity index (χ1v) is 10.2. The maximum Gasteiger partial charge on any atom is 0.286 e. The summed E-state index contributed by atoms with van der Waals surface area (Å²) in [5, 5.41) is 8.37. The van der Waals surface area contributed by atoms with E-state index < -0.39 is 0 Å². The van der Waals surface area contributed by atoms with E-state index >= 15 is 0 Å². The smallest absolute Gasteiger partial charge is 0.286 e. The average molecular weight is 419 g/mol. The zero-order chi connectivity index (χ0) is 21.9. The average Bonchev–Trinajstić information content (AvgIpc) is 3.33. The molecule has 0 saturated heterocycles. The molecule has 0 saturated carbocycles. The van der Waals surface area contributed by atoms with Crippen molar-refractivity contribution in [3.63, 3.8) is 0 Å². The highest BCUT2D eigenvalue weighted by Gasteiger charge is 2.13. The molecule has 0 aliphatic heterocycles. The summed E-state index contributed by atoms with van der Waals surface area (Å²) < 4.78 is 5.01. The Balaban J connectivity index is 1.43. The maximum absolute atomic E-state index is 12.6. The molecule has 1 aromatic heterocycles. The van der Waals surface area contributed by atoms with Gasteiger partial charge in [0.05, 0.1) is 17.5 Å². The Labute approximate surface area is 180 Å². The van der Waals surface area contributed by atoms with Crippen LogP contribution in [-0.4, -0.2) is 30.8 Å². The number of benzene rings is 2. The third-order valence-corrected chi connectivity index (χ3v) is 4.60. The first-order valence-electron chi connectivity index (χ1n) is 10.2.